The molecule has 2 atom stereocenters. The molecule has 0 aliphatic rings. The van der Waals surface area contributed by atoms with Crippen LogP contribution in [-0.4, -0.2) is 27.3 Å². The van der Waals surface area contributed by atoms with Crippen molar-refractivity contribution in [3.8, 4) is 11.3 Å². The largest absolute Gasteiger partial charge is 0.480 e. The Morgan fingerprint density at radius 3 is 2.13 bits per heavy atom. The maximum absolute atomic E-state index is 13.5. The van der Waals surface area contributed by atoms with Gasteiger partial charge in [0.1, 0.15) is 11.5 Å². The summed E-state index contributed by atoms with van der Waals surface area (Å²) in [5.41, 5.74) is 2.60. The predicted octanol–water partition coefficient (Wildman–Crippen LogP) is 5.86. The molecular weight excluding hydrogens is 517 g/mol. The van der Waals surface area contributed by atoms with Crippen LogP contribution in [0.5, 0.6) is 0 Å². The predicted molar refractivity (Wildman–Crippen MR) is 134 cm³/mol. The number of nitrogens with zero attached hydrogens (tertiary/aromatic N) is 1. The number of hydrogen-bond donors (Lipinski definition) is 2. The van der Waals surface area contributed by atoms with Crippen molar-refractivity contribution in [2.45, 2.75) is 24.1 Å². The quantitative estimate of drug-likeness (QED) is 0.118. The first-order valence-electron chi connectivity index (χ1n) is 11.5. The second-order valence-corrected chi connectivity index (χ2v) is 8.78. The minimum Gasteiger partial charge on any atom is -0.480 e. The Morgan fingerprint density at radius 1 is 0.923 bits per heavy atom. The van der Waals surface area contributed by atoms with E-state index in [1.54, 1.807) is 30.3 Å². The molecule has 0 saturated heterocycles. The van der Waals surface area contributed by atoms with E-state index >= 15 is 0 Å². The molecule has 1 aromatic heterocycles. The van der Waals surface area contributed by atoms with Crippen molar-refractivity contribution in [1.29, 1.82) is 0 Å². The molecule has 2 unspecified atom stereocenters. The summed E-state index contributed by atoms with van der Waals surface area (Å²) in [4.78, 5) is 36.5. The fourth-order valence-electron chi connectivity index (χ4n) is 4.38. The third-order valence-corrected chi connectivity index (χ3v) is 6.39. The Labute approximate surface area is 219 Å². The molecule has 0 spiro atoms. The number of aliphatic carboxylic acids is 1. The highest BCUT2D eigenvalue weighted by Crippen LogP contribution is 2.39. The molecular formula is C28H21F3N2O6. The SMILES string of the molecule is NC(C(=O)O)(C(=O)c1ccc([N+](=O)[O-])cc1)C(Cc1ccc(-c2ccccc2C(F)(F)F)o1)c1ccccc1. The number of non-ortho nitro benzene ring substituents is 1. The van der Waals surface area contributed by atoms with E-state index in [0.29, 0.717) is 5.56 Å². The molecule has 0 aliphatic carbocycles. The number of benzene rings is 3. The van der Waals surface area contributed by atoms with E-state index in [1.165, 1.54) is 30.3 Å². The summed E-state index contributed by atoms with van der Waals surface area (Å²) in [7, 11) is 0. The zero-order chi connectivity index (χ0) is 28.4. The van der Waals surface area contributed by atoms with Crippen LogP contribution in [0.4, 0.5) is 18.9 Å². The van der Waals surface area contributed by atoms with Gasteiger partial charge < -0.3 is 15.3 Å². The molecule has 4 rings (SSSR count). The number of nitrogens with two attached hydrogens (primary N) is 1. The summed E-state index contributed by atoms with van der Waals surface area (Å²) in [6.45, 7) is 0. The molecule has 8 nitrogen and oxygen atoms in total. The van der Waals surface area contributed by atoms with Crippen LogP contribution in [0.3, 0.4) is 0 Å². The molecule has 0 bridgehead atoms. The highest BCUT2D eigenvalue weighted by molar-refractivity contribution is 6.16. The third kappa shape index (κ3) is 5.43. The summed E-state index contributed by atoms with van der Waals surface area (Å²) in [5, 5.41) is 21.2. The number of Topliss-reactive ketones (excluding diaryl/α,β-unsaturated/α-hetero) is 1. The molecule has 0 saturated carbocycles. The van der Waals surface area contributed by atoms with Gasteiger partial charge in [0.2, 0.25) is 0 Å². The van der Waals surface area contributed by atoms with E-state index in [4.69, 9.17) is 10.2 Å². The number of halogens is 3. The van der Waals surface area contributed by atoms with Gasteiger partial charge in [-0.3, -0.25) is 14.9 Å². The van der Waals surface area contributed by atoms with Gasteiger partial charge in [-0.25, -0.2) is 4.79 Å². The van der Waals surface area contributed by atoms with Crippen molar-refractivity contribution < 1.29 is 37.2 Å². The lowest BCUT2D eigenvalue weighted by molar-refractivity contribution is -0.384. The lowest BCUT2D eigenvalue weighted by Crippen LogP contribution is -2.59. The average molecular weight is 538 g/mol. The van der Waals surface area contributed by atoms with Crippen LogP contribution >= 0.6 is 0 Å². The van der Waals surface area contributed by atoms with Crippen molar-refractivity contribution in [3.05, 3.63) is 124 Å². The van der Waals surface area contributed by atoms with Gasteiger partial charge >= 0.3 is 12.1 Å². The minimum absolute atomic E-state index is 0.0932. The van der Waals surface area contributed by atoms with Crippen LogP contribution in [0.2, 0.25) is 0 Å². The Hall–Kier alpha value is -4.77. The summed E-state index contributed by atoms with van der Waals surface area (Å²) in [6, 6.07) is 20.0. The summed E-state index contributed by atoms with van der Waals surface area (Å²) in [5.74, 6) is -3.88. The van der Waals surface area contributed by atoms with Crippen LogP contribution in [-0.2, 0) is 17.4 Å². The van der Waals surface area contributed by atoms with Gasteiger partial charge in [-0.05, 0) is 35.9 Å². The number of ketones is 1. The molecule has 4 aromatic rings. The zero-order valence-corrected chi connectivity index (χ0v) is 20.1. The average Bonchev–Trinajstić information content (AvgIpc) is 3.39. The first-order valence-corrected chi connectivity index (χ1v) is 11.5. The number of carbonyl (C=O) groups is 2. The number of carboxylic acid groups (broad SMARTS) is 1. The van der Waals surface area contributed by atoms with Gasteiger partial charge in [-0.15, -0.1) is 0 Å². The number of nitro benzene ring substituents is 1. The summed E-state index contributed by atoms with van der Waals surface area (Å²) in [6.07, 6.45) is -4.89. The number of carboxylic acids is 1. The van der Waals surface area contributed by atoms with Crippen molar-refractivity contribution in [2.24, 2.45) is 5.73 Å². The van der Waals surface area contributed by atoms with Gasteiger partial charge in [0.05, 0.1) is 10.5 Å². The van der Waals surface area contributed by atoms with Crippen molar-refractivity contribution >= 4 is 17.4 Å². The third-order valence-electron chi connectivity index (χ3n) is 6.39. The highest BCUT2D eigenvalue weighted by Gasteiger charge is 2.50. The van der Waals surface area contributed by atoms with E-state index in [0.717, 1.165) is 30.3 Å². The zero-order valence-electron chi connectivity index (χ0n) is 20.1. The Morgan fingerprint density at radius 2 is 1.54 bits per heavy atom. The second-order valence-electron chi connectivity index (χ2n) is 8.78. The van der Waals surface area contributed by atoms with Crippen LogP contribution in [0.15, 0.2) is 95.4 Å². The molecule has 0 aliphatic heterocycles. The van der Waals surface area contributed by atoms with Gasteiger partial charge in [-0.2, -0.15) is 13.2 Å². The van der Waals surface area contributed by atoms with Gasteiger partial charge in [0.15, 0.2) is 11.3 Å². The molecule has 39 heavy (non-hydrogen) atoms. The number of nitro groups is 1. The Kier molecular flexibility index (Phi) is 7.37. The molecule has 0 amide bonds. The molecule has 0 fully saturated rings. The summed E-state index contributed by atoms with van der Waals surface area (Å²) >= 11 is 0. The van der Waals surface area contributed by atoms with Crippen LogP contribution in [0, 0.1) is 10.1 Å². The van der Waals surface area contributed by atoms with Gasteiger partial charge in [0, 0.05) is 35.6 Å². The normalized spacial score (nSPS) is 13.8. The number of rotatable bonds is 9. The first-order chi connectivity index (χ1) is 18.4. The fraction of sp³-hybridized carbons (Fsp3) is 0.143. The lowest BCUT2D eigenvalue weighted by atomic mass is 9.73. The number of alkyl halides is 3. The standard InChI is InChI=1S/C28H21F3N2O6/c29-28(30,31)22-9-5-4-8-21(22)24-15-14-20(39-24)16-23(17-6-2-1-3-7-17)27(32,26(35)36)25(34)18-10-12-19(13-11-18)33(37)38/h1-15,23H,16,32H2,(H,35,36). The molecule has 0 radical (unpaired) electrons. The van der Waals surface area contributed by atoms with Gasteiger partial charge in [-0.1, -0.05) is 48.5 Å². The van der Waals surface area contributed by atoms with E-state index in [1.807, 2.05) is 0 Å². The fourth-order valence-corrected chi connectivity index (χ4v) is 4.38. The summed E-state index contributed by atoms with van der Waals surface area (Å²) < 4.78 is 46.3. The molecule has 1 heterocycles. The monoisotopic (exact) mass is 538 g/mol. The van der Waals surface area contributed by atoms with Crippen molar-refractivity contribution in [3.63, 3.8) is 0 Å². The van der Waals surface area contributed by atoms with E-state index in [9.17, 15) is 38.0 Å². The maximum Gasteiger partial charge on any atom is 0.417 e. The van der Waals surface area contributed by atoms with E-state index in [-0.39, 0.29) is 34.8 Å². The van der Waals surface area contributed by atoms with Gasteiger partial charge in [0.25, 0.3) is 5.69 Å². The first kappa shape index (κ1) is 27.3. The van der Waals surface area contributed by atoms with Crippen LogP contribution in [0.1, 0.15) is 33.2 Å². The molecule has 3 aromatic carbocycles. The van der Waals surface area contributed by atoms with Crippen LogP contribution < -0.4 is 5.73 Å². The minimum atomic E-state index is -4.64. The highest BCUT2D eigenvalue weighted by atomic mass is 19.4. The smallest absolute Gasteiger partial charge is 0.417 e. The number of furan rings is 1. The topological polar surface area (TPSA) is 137 Å². The Bertz CT molecular complexity index is 1520. The van der Waals surface area contributed by atoms with E-state index < -0.39 is 39.9 Å². The molecule has 3 N–H and O–H groups in total. The lowest BCUT2D eigenvalue weighted by Gasteiger charge is -2.32. The molecule has 200 valence electrons. The van der Waals surface area contributed by atoms with Crippen molar-refractivity contribution in [1.82, 2.24) is 0 Å². The number of hydrogen-bond acceptors (Lipinski definition) is 6. The van der Waals surface area contributed by atoms with Crippen LogP contribution in [0.25, 0.3) is 11.3 Å². The second kappa shape index (κ2) is 10.5. The molecule has 11 heteroatoms. The maximum atomic E-state index is 13.5. The number of carbonyl (C=O) groups excluding carboxylic acids is 1. The van der Waals surface area contributed by atoms with E-state index in [2.05, 4.69) is 0 Å². The van der Waals surface area contributed by atoms with Crippen molar-refractivity contribution in [2.75, 3.05) is 0 Å². The Balaban J connectivity index is 1.77.